The number of nitrogens with one attached hydrogen (secondary N) is 1. The average molecular weight is 258 g/mol. The first kappa shape index (κ1) is 13.7. The number of rotatable bonds is 6. The molecule has 1 aromatic carbocycles. The maximum atomic E-state index is 4.18. The fourth-order valence-electron chi connectivity index (χ4n) is 1.98. The van der Waals surface area contributed by atoms with E-state index in [0.717, 1.165) is 25.3 Å². The molecule has 0 unspecified atom stereocenters. The van der Waals surface area contributed by atoms with Crippen LogP contribution in [0.15, 0.2) is 30.5 Å². The SMILES string of the molecule is Cc1cccc(Cn2cc(CNCC(C)C)nn2)c1. The van der Waals surface area contributed by atoms with Crippen molar-refractivity contribution in [3.05, 3.63) is 47.3 Å². The Labute approximate surface area is 114 Å². The van der Waals surface area contributed by atoms with Gasteiger partial charge in [-0.25, -0.2) is 4.68 Å². The van der Waals surface area contributed by atoms with Gasteiger partial charge in [0, 0.05) is 6.54 Å². The van der Waals surface area contributed by atoms with Crippen LogP contribution in [0.2, 0.25) is 0 Å². The zero-order valence-electron chi connectivity index (χ0n) is 11.9. The van der Waals surface area contributed by atoms with Gasteiger partial charge in [-0.15, -0.1) is 5.10 Å². The van der Waals surface area contributed by atoms with E-state index in [4.69, 9.17) is 0 Å². The summed E-state index contributed by atoms with van der Waals surface area (Å²) in [5.74, 6) is 0.655. The van der Waals surface area contributed by atoms with Crippen molar-refractivity contribution < 1.29 is 0 Å². The van der Waals surface area contributed by atoms with E-state index in [2.05, 4.69) is 60.7 Å². The lowest BCUT2D eigenvalue weighted by molar-refractivity contribution is 0.548. The zero-order valence-corrected chi connectivity index (χ0v) is 11.9. The van der Waals surface area contributed by atoms with Crippen molar-refractivity contribution in [2.75, 3.05) is 6.54 Å². The van der Waals surface area contributed by atoms with Gasteiger partial charge in [0.25, 0.3) is 0 Å². The molecule has 2 aromatic rings. The van der Waals surface area contributed by atoms with E-state index >= 15 is 0 Å². The first-order valence-electron chi connectivity index (χ1n) is 6.79. The highest BCUT2D eigenvalue weighted by Gasteiger charge is 2.02. The van der Waals surface area contributed by atoms with Crippen molar-refractivity contribution >= 4 is 0 Å². The third kappa shape index (κ3) is 4.48. The standard InChI is InChI=1S/C15H22N4/c1-12(2)8-16-9-15-11-19(18-17-15)10-14-6-4-5-13(3)7-14/h4-7,11-12,16H,8-10H2,1-3H3. The molecule has 102 valence electrons. The highest BCUT2D eigenvalue weighted by Crippen LogP contribution is 2.06. The van der Waals surface area contributed by atoms with Gasteiger partial charge in [0.1, 0.15) is 0 Å². The van der Waals surface area contributed by atoms with Gasteiger partial charge < -0.3 is 5.32 Å². The second-order valence-corrected chi connectivity index (χ2v) is 5.42. The molecule has 0 aliphatic rings. The summed E-state index contributed by atoms with van der Waals surface area (Å²) in [7, 11) is 0. The smallest absolute Gasteiger partial charge is 0.0964 e. The maximum absolute atomic E-state index is 4.18. The molecule has 0 amide bonds. The Bertz CT molecular complexity index is 516. The van der Waals surface area contributed by atoms with Crippen LogP contribution in [0.25, 0.3) is 0 Å². The molecule has 4 nitrogen and oxygen atoms in total. The molecule has 0 bridgehead atoms. The molecule has 0 spiro atoms. The highest BCUT2D eigenvalue weighted by atomic mass is 15.4. The number of hydrogen-bond acceptors (Lipinski definition) is 3. The van der Waals surface area contributed by atoms with Crippen LogP contribution in [0.1, 0.15) is 30.7 Å². The van der Waals surface area contributed by atoms with Crippen molar-refractivity contribution in [2.45, 2.75) is 33.9 Å². The van der Waals surface area contributed by atoms with Gasteiger partial charge in [0.15, 0.2) is 0 Å². The van der Waals surface area contributed by atoms with Gasteiger partial charge in [0.2, 0.25) is 0 Å². The van der Waals surface area contributed by atoms with Gasteiger partial charge in [-0.1, -0.05) is 48.9 Å². The molecular weight excluding hydrogens is 236 g/mol. The van der Waals surface area contributed by atoms with Crippen LogP contribution in [0.3, 0.4) is 0 Å². The quantitative estimate of drug-likeness (QED) is 0.865. The maximum Gasteiger partial charge on any atom is 0.0964 e. The Kier molecular flexibility index (Phi) is 4.68. The van der Waals surface area contributed by atoms with Crippen molar-refractivity contribution in [2.24, 2.45) is 5.92 Å². The van der Waals surface area contributed by atoms with Crippen LogP contribution in [-0.2, 0) is 13.1 Å². The summed E-state index contributed by atoms with van der Waals surface area (Å²) in [6.45, 7) is 9.06. The first-order valence-corrected chi connectivity index (χ1v) is 6.79. The zero-order chi connectivity index (χ0) is 13.7. The van der Waals surface area contributed by atoms with Gasteiger partial charge in [-0.3, -0.25) is 0 Å². The van der Waals surface area contributed by atoms with Crippen molar-refractivity contribution in [1.82, 2.24) is 20.3 Å². The van der Waals surface area contributed by atoms with E-state index in [9.17, 15) is 0 Å². The van der Waals surface area contributed by atoms with Crippen molar-refractivity contribution in [3.63, 3.8) is 0 Å². The molecular formula is C15H22N4. The van der Waals surface area contributed by atoms with Gasteiger partial charge in [-0.2, -0.15) is 0 Å². The Morgan fingerprint density at radius 1 is 1.32 bits per heavy atom. The number of aromatic nitrogens is 3. The average Bonchev–Trinajstić information content (AvgIpc) is 2.76. The Balaban J connectivity index is 1.90. The molecule has 0 aliphatic carbocycles. The Morgan fingerprint density at radius 3 is 2.89 bits per heavy atom. The number of hydrogen-bond donors (Lipinski definition) is 1. The predicted octanol–water partition coefficient (Wildman–Crippen LogP) is 2.38. The van der Waals surface area contributed by atoms with Gasteiger partial charge >= 0.3 is 0 Å². The summed E-state index contributed by atoms with van der Waals surface area (Å²) >= 11 is 0. The van der Waals surface area contributed by atoms with Gasteiger partial charge in [-0.05, 0) is 24.9 Å². The molecule has 0 saturated carbocycles. The van der Waals surface area contributed by atoms with Crippen LogP contribution in [0.4, 0.5) is 0 Å². The van der Waals surface area contributed by atoms with Crippen LogP contribution in [0.5, 0.6) is 0 Å². The van der Waals surface area contributed by atoms with Crippen LogP contribution in [-0.4, -0.2) is 21.5 Å². The summed E-state index contributed by atoms with van der Waals surface area (Å²) in [6.07, 6.45) is 2.01. The fourth-order valence-corrected chi connectivity index (χ4v) is 1.98. The molecule has 0 fully saturated rings. The number of nitrogens with zero attached hydrogens (tertiary/aromatic N) is 3. The fraction of sp³-hybridized carbons (Fsp3) is 0.467. The molecule has 1 heterocycles. The predicted molar refractivity (Wildman–Crippen MR) is 76.8 cm³/mol. The van der Waals surface area contributed by atoms with Crippen LogP contribution < -0.4 is 5.32 Å². The molecule has 4 heteroatoms. The number of benzene rings is 1. The van der Waals surface area contributed by atoms with Crippen LogP contribution >= 0.6 is 0 Å². The van der Waals surface area contributed by atoms with E-state index in [1.54, 1.807) is 0 Å². The first-order chi connectivity index (χ1) is 9.13. The topological polar surface area (TPSA) is 42.7 Å². The third-order valence-electron chi connectivity index (χ3n) is 2.87. The molecule has 19 heavy (non-hydrogen) atoms. The molecule has 0 radical (unpaired) electrons. The minimum atomic E-state index is 0.655. The van der Waals surface area contributed by atoms with Gasteiger partial charge in [0.05, 0.1) is 18.4 Å². The lowest BCUT2D eigenvalue weighted by Gasteiger charge is -2.04. The minimum absolute atomic E-state index is 0.655. The monoisotopic (exact) mass is 258 g/mol. The molecule has 0 saturated heterocycles. The highest BCUT2D eigenvalue weighted by molar-refractivity contribution is 5.22. The van der Waals surface area contributed by atoms with E-state index in [1.807, 2.05) is 10.9 Å². The number of aryl methyl sites for hydroxylation is 1. The second kappa shape index (κ2) is 6.48. The third-order valence-corrected chi connectivity index (χ3v) is 2.87. The van der Waals surface area contributed by atoms with Crippen LogP contribution in [0, 0.1) is 12.8 Å². The van der Waals surface area contributed by atoms with E-state index in [1.165, 1.54) is 11.1 Å². The summed E-state index contributed by atoms with van der Waals surface area (Å²) in [5.41, 5.74) is 3.52. The summed E-state index contributed by atoms with van der Waals surface area (Å²) < 4.78 is 1.89. The summed E-state index contributed by atoms with van der Waals surface area (Å²) in [4.78, 5) is 0. The van der Waals surface area contributed by atoms with E-state index in [-0.39, 0.29) is 0 Å². The largest absolute Gasteiger partial charge is 0.311 e. The second-order valence-electron chi connectivity index (χ2n) is 5.42. The molecule has 0 atom stereocenters. The molecule has 2 rings (SSSR count). The Hall–Kier alpha value is -1.68. The summed E-state index contributed by atoms with van der Waals surface area (Å²) in [6, 6.07) is 8.47. The van der Waals surface area contributed by atoms with E-state index in [0.29, 0.717) is 5.92 Å². The normalized spacial score (nSPS) is 11.2. The van der Waals surface area contributed by atoms with Crippen molar-refractivity contribution in [1.29, 1.82) is 0 Å². The molecule has 0 aliphatic heterocycles. The molecule has 1 N–H and O–H groups in total. The lowest BCUT2D eigenvalue weighted by Crippen LogP contribution is -2.19. The summed E-state index contributed by atoms with van der Waals surface area (Å²) in [5, 5.41) is 11.7. The minimum Gasteiger partial charge on any atom is -0.311 e. The molecule has 1 aromatic heterocycles. The Morgan fingerprint density at radius 2 is 2.16 bits per heavy atom. The van der Waals surface area contributed by atoms with Crippen molar-refractivity contribution in [3.8, 4) is 0 Å². The van der Waals surface area contributed by atoms with E-state index < -0.39 is 0 Å². The lowest BCUT2D eigenvalue weighted by atomic mass is 10.1.